The second kappa shape index (κ2) is 8.38. The van der Waals surface area contributed by atoms with Gasteiger partial charge >= 0.3 is 0 Å². The highest BCUT2D eigenvalue weighted by atomic mass is 19.1. The largest absolute Gasteiger partial charge is 0.387 e. The van der Waals surface area contributed by atoms with Crippen LogP contribution in [0, 0.1) is 12.8 Å². The van der Waals surface area contributed by atoms with Crippen LogP contribution in [0.4, 0.5) is 21.7 Å². The average Bonchev–Trinajstić information content (AvgIpc) is 3.38. The molecule has 0 unspecified atom stereocenters. The number of amides is 1. The van der Waals surface area contributed by atoms with Crippen LogP contribution >= 0.6 is 0 Å². The number of anilines is 3. The molecule has 3 aromatic rings. The smallest absolute Gasteiger partial charge is 0.231 e. The fourth-order valence-corrected chi connectivity index (χ4v) is 3.22. The number of aliphatic hydroxyl groups is 1. The van der Waals surface area contributed by atoms with Crippen LogP contribution in [-0.2, 0) is 11.8 Å². The normalized spacial score (nSPS) is 18.5. The number of alkyl halides is 1. The van der Waals surface area contributed by atoms with E-state index in [9.17, 15) is 14.3 Å². The minimum Gasteiger partial charge on any atom is -0.387 e. The van der Waals surface area contributed by atoms with E-state index in [0.29, 0.717) is 35.0 Å². The number of nitrogens with one attached hydrogen (secondary N) is 2. The van der Waals surface area contributed by atoms with E-state index in [1.807, 2.05) is 19.9 Å². The highest BCUT2D eigenvalue weighted by molar-refractivity contribution is 5.94. The summed E-state index contributed by atoms with van der Waals surface area (Å²) >= 11 is 0. The average molecular weight is 425 g/mol. The topological polar surface area (TPSA) is 118 Å². The zero-order valence-corrected chi connectivity index (χ0v) is 17.5. The molecule has 10 heteroatoms. The van der Waals surface area contributed by atoms with Crippen molar-refractivity contribution in [3.05, 3.63) is 42.1 Å². The standard InChI is InChI=1S/C21H24FN7O2/c1-4-18(30)16-5-11(2)17(8-23-16)26-20-13(9-29(3)28-20)15-7-19(25-10-24-15)27-21(31)12-6-14(12)22/h5,7-10,12,14,18,30H,4,6H2,1-3H3,(H,26,28)(H,24,25,27,31)/t12-,14+,18+/m0/s1. The molecule has 0 radical (unpaired) electrons. The number of rotatable bonds is 7. The van der Waals surface area contributed by atoms with Crippen molar-refractivity contribution in [3.8, 4) is 11.3 Å². The zero-order chi connectivity index (χ0) is 22.1. The molecule has 162 valence electrons. The molecule has 0 aliphatic heterocycles. The highest BCUT2D eigenvalue weighted by Crippen LogP contribution is 2.35. The first-order chi connectivity index (χ1) is 14.9. The van der Waals surface area contributed by atoms with Crippen molar-refractivity contribution in [2.45, 2.75) is 39.0 Å². The molecule has 3 N–H and O–H groups in total. The van der Waals surface area contributed by atoms with Crippen LogP contribution in [0.5, 0.6) is 0 Å². The summed E-state index contributed by atoms with van der Waals surface area (Å²) in [4.78, 5) is 24.7. The summed E-state index contributed by atoms with van der Waals surface area (Å²) in [5.41, 5.74) is 3.53. The molecular formula is C21H24FN7O2. The van der Waals surface area contributed by atoms with E-state index < -0.39 is 18.2 Å². The Balaban J connectivity index is 1.58. The molecular weight excluding hydrogens is 401 g/mol. The third-order valence-electron chi connectivity index (χ3n) is 5.19. The monoisotopic (exact) mass is 425 g/mol. The minimum absolute atomic E-state index is 0.252. The van der Waals surface area contributed by atoms with E-state index in [4.69, 9.17) is 0 Å². The maximum Gasteiger partial charge on any atom is 0.231 e. The summed E-state index contributed by atoms with van der Waals surface area (Å²) in [7, 11) is 1.79. The van der Waals surface area contributed by atoms with Crippen molar-refractivity contribution in [2.24, 2.45) is 13.0 Å². The Morgan fingerprint density at radius 2 is 2.13 bits per heavy atom. The number of carbonyl (C=O) groups excluding carboxylic acids is 1. The number of aliphatic hydroxyl groups excluding tert-OH is 1. The lowest BCUT2D eigenvalue weighted by molar-refractivity contribution is -0.117. The Labute approximate surface area is 178 Å². The third kappa shape index (κ3) is 4.53. The molecule has 0 saturated heterocycles. The second-order valence-corrected chi connectivity index (χ2v) is 7.67. The molecule has 0 bridgehead atoms. The minimum atomic E-state index is -1.07. The van der Waals surface area contributed by atoms with E-state index in [-0.39, 0.29) is 12.3 Å². The Kier molecular flexibility index (Phi) is 5.64. The summed E-state index contributed by atoms with van der Waals surface area (Å²) in [6, 6.07) is 3.47. The summed E-state index contributed by atoms with van der Waals surface area (Å²) in [5, 5.41) is 20.4. The van der Waals surface area contributed by atoms with Gasteiger partial charge in [0.1, 0.15) is 18.3 Å². The van der Waals surface area contributed by atoms with Gasteiger partial charge in [-0.1, -0.05) is 6.92 Å². The van der Waals surface area contributed by atoms with Gasteiger partial charge < -0.3 is 15.7 Å². The fraction of sp³-hybridized carbons (Fsp3) is 0.381. The number of pyridine rings is 1. The van der Waals surface area contributed by atoms with Crippen LogP contribution in [0.3, 0.4) is 0 Å². The summed E-state index contributed by atoms with van der Waals surface area (Å²) in [6.45, 7) is 3.82. The van der Waals surface area contributed by atoms with Crippen LogP contribution in [0.15, 0.2) is 30.9 Å². The van der Waals surface area contributed by atoms with Gasteiger partial charge in [-0.3, -0.25) is 14.5 Å². The van der Waals surface area contributed by atoms with Gasteiger partial charge in [-0.25, -0.2) is 14.4 Å². The molecule has 3 aromatic heterocycles. The predicted molar refractivity (Wildman–Crippen MR) is 113 cm³/mol. The van der Waals surface area contributed by atoms with Gasteiger partial charge in [-0.2, -0.15) is 5.10 Å². The molecule has 1 fully saturated rings. The van der Waals surface area contributed by atoms with Crippen LogP contribution in [0.2, 0.25) is 0 Å². The van der Waals surface area contributed by atoms with E-state index in [1.54, 1.807) is 30.2 Å². The van der Waals surface area contributed by atoms with Crippen molar-refractivity contribution in [1.82, 2.24) is 24.7 Å². The summed E-state index contributed by atoms with van der Waals surface area (Å²) in [5.74, 6) is -0.116. The molecule has 31 heavy (non-hydrogen) atoms. The summed E-state index contributed by atoms with van der Waals surface area (Å²) in [6.07, 6.45) is 3.97. The molecule has 0 spiro atoms. The second-order valence-electron chi connectivity index (χ2n) is 7.67. The molecule has 3 heterocycles. The number of hydrogen-bond donors (Lipinski definition) is 3. The lowest BCUT2D eigenvalue weighted by Gasteiger charge is -2.12. The lowest BCUT2D eigenvalue weighted by Crippen LogP contribution is -2.16. The Bertz CT molecular complexity index is 1120. The van der Waals surface area contributed by atoms with Crippen LogP contribution < -0.4 is 10.6 Å². The van der Waals surface area contributed by atoms with Gasteiger partial charge in [0.05, 0.1) is 40.9 Å². The lowest BCUT2D eigenvalue weighted by atomic mass is 10.1. The van der Waals surface area contributed by atoms with E-state index in [2.05, 4.69) is 30.7 Å². The molecule has 1 saturated carbocycles. The molecule has 1 amide bonds. The van der Waals surface area contributed by atoms with Crippen molar-refractivity contribution >= 4 is 23.2 Å². The SMILES string of the molecule is CC[C@@H](O)c1cc(C)c(Nc2nn(C)cc2-c2cc(NC(=O)[C@H]3C[C@H]3F)ncn2)cn1. The van der Waals surface area contributed by atoms with Gasteiger partial charge in [0.15, 0.2) is 5.82 Å². The Morgan fingerprint density at radius 3 is 2.81 bits per heavy atom. The van der Waals surface area contributed by atoms with Crippen molar-refractivity contribution in [2.75, 3.05) is 10.6 Å². The number of halogens is 1. The fourth-order valence-electron chi connectivity index (χ4n) is 3.22. The number of carbonyl (C=O) groups is 1. The Morgan fingerprint density at radius 1 is 1.35 bits per heavy atom. The maximum absolute atomic E-state index is 13.1. The van der Waals surface area contributed by atoms with Crippen LogP contribution in [-0.4, -0.2) is 41.9 Å². The van der Waals surface area contributed by atoms with Crippen molar-refractivity contribution in [3.63, 3.8) is 0 Å². The first-order valence-corrected chi connectivity index (χ1v) is 10.1. The van der Waals surface area contributed by atoms with E-state index in [0.717, 1.165) is 11.3 Å². The van der Waals surface area contributed by atoms with Gasteiger partial charge in [0, 0.05) is 19.3 Å². The summed E-state index contributed by atoms with van der Waals surface area (Å²) < 4.78 is 14.8. The number of hydrogen-bond acceptors (Lipinski definition) is 7. The highest BCUT2D eigenvalue weighted by Gasteiger charge is 2.43. The molecule has 1 aliphatic carbocycles. The molecule has 3 atom stereocenters. The van der Waals surface area contributed by atoms with Gasteiger partial charge in [0.25, 0.3) is 0 Å². The van der Waals surface area contributed by atoms with Gasteiger partial charge in [-0.15, -0.1) is 0 Å². The first kappa shape index (κ1) is 20.9. The van der Waals surface area contributed by atoms with Gasteiger partial charge in [0.2, 0.25) is 5.91 Å². The zero-order valence-electron chi connectivity index (χ0n) is 17.5. The van der Waals surface area contributed by atoms with Crippen LogP contribution in [0.1, 0.15) is 37.1 Å². The first-order valence-electron chi connectivity index (χ1n) is 10.1. The predicted octanol–water partition coefficient (Wildman–Crippen LogP) is 3.06. The van der Waals surface area contributed by atoms with Crippen LogP contribution in [0.25, 0.3) is 11.3 Å². The number of aromatic nitrogens is 5. The Hall–Kier alpha value is -3.40. The van der Waals surface area contributed by atoms with E-state index in [1.165, 1.54) is 6.33 Å². The number of nitrogens with zero attached hydrogens (tertiary/aromatic N) is 5. The van der Waals surface area contributed by atoms with Crippen molar-refractivity contribution in [1.29, 1.82) is 0 Å². The van der Waals surface area contributed by atoms with E-state index >= 15 is 0 Å². The molecule has 0 aromatic carbocycles. The molecule has 4 rings (SSSR count). The molecule has 1 aliphatic rings. The third-order valence-corrected chi connectivity index (χ3v) is 5.19. The van der Waals surface area contributed by atoms with Crippen molar-refractivity contribution < 1.29 is 14.3 Å². The van der Waals surface area contributed by atoms with Gasteiger partial charge in [-0.05, 0) is 31.4 Å². The molecule has 9 nitrogen and oxygen atoms in total. The maximum atomic E-state index is 13.1. The quantitative estimate of drug-likeness (QED) is 0.532. The number of aryl methyl sites for hydroxylation is 2.